The molecule has 1 fully saturated rings. The van der Waals surface area contributed by atoms with E-state index in [1.165, 1.54) is 6.20 Å². The van der Waals surface area contributed by atoms with Gasteiger partial charge in [-0.1, -0.05) is 6.92 Å². The number of carbonyl (C=O) groups is 2. The largest absolute Gasteiger partial charge is 0.423 e. The Morgan fingerprint density at radius 1 is 1.29 bits per heavy atom. The van der Waals surface area contributed by atoms with Crippen molar-refractivity contribution in [3.8, 4) is 0 Å². The maximum atomic E-state index is 11.9. The number of primary amides is 2. The van der Waals surface area contributed by atoms with Crippen LogP contribution in [0.25, 0.3) is 11.1 Å². The van der Waals surface area contributed by atoms with E-state index in [2.05, 4.69) is 25.6 Å². The second-order valence-corrected chi connectivity index (χ2v) is 7.79. The lowest BCUT2D eigenvalue weighted by atomic mass is 10.0. The highest BCUT2D eigenvalue weighted by atomic mass is 16.4. The third-order valence-electron chi connectivity index (χ3n) is 5.55. The molecule has 1 unspecified atom stereocenters. The molecule has 2 aromatic heterocycles. The molecular formula is C20H24N8O3. The summed E-state index contributed by atoms with van der Waals surface area (Å²) < 4.78 is 5.72. The van der Waals surface area contributed by atoms with Crippen molar-refractivity contribution >= 4 is 46.3 Å². The van der Waals surface area contributed by atoms with Crippen LogP contribution in [0, 0.1) is 5.41 Å². The molecule has 11 nitrogen and oxygen atoms in total. The zero-order valence-electron chi connectivity index (χ0n) is 17.5. The van der Waals surface area contributed by atoms with E-state index < -0.39 is 11.3 Å². The molecule has 0 bridgehead atoms. The van der Waals surface area contributed by atoms with Crippen LogP contribution < -0.4 is 27.0 Å². The van der Waals surface area contributed by atoms with E-state index in [-0.39, 0.29) is 23.5 Å². The van der Waals surface area contributed by atoms with Gasteiger partial charge in [-0.15, -0.1) is 0 Å². The second-order valence-electron chi connectivity index (χ2n) is 7.79. The first kappa shape index (κ1) is 20.4. The number of nitrogens with two attached hydrogens (primary N) is 2. The van der Waals surface area contributed by atoms with Gasteiger partial charge in [-0.05, 0) is 25.0 Å². The molecular weight excluding hydrogens is 400 g/mol. The normalized spacial score (nSPS) is 19.8. The van der Waals surface area contributed by atoms with Gasteiger partial charge in [-0.2, -0.15) is 4.98 Å². The minimum absolute atomic E-state index is 0.00958. The number of carbonyl (C=O) groups excluding carboxylic acids is 2. The summed E-state index contributed by atoms with van der Waals surface area (Å²) >= 11 is 0. The van der Waals surface area contributed by atoms with Gasteiger partial charge >= 0.3 is 0 Å². The summed E-state index contributed by atoms with van der Waals surface area (Å²) in [5.41, 5.74) is 12.3. The lowest BCUT2D eigenvalue weighted by Crippen LogP contribution is -2.29. The number of hydrogen-bond acceptors (Lipinski definition) is 9. The van der Waals surface area contributed by atoms with E-state index in [4.69, 9.17) is 15.9 Å². The number of fused-ring (bicyclic) bond motifs is 1. The maximum Gasteiger partial charge on any atom is 0.297 e. The summed E-state index contributed by atoms with van der Waals surface area (Å²) in [6, 6.07) is 5.67. The molecule has 1 aliphatic rings. The first-order valence-electron chi connectivity index (χ1n) is 9.81. The van der Waals surface area contributed by atoms with Crippen molar-refractivity contribution in [1.82, 2.24) is 15.0 Å². The fourth-order valence-corrected chi connectivity index (χ4v) is 3.55. The molecule has 1 saturated carbocycles. The highest BCUT2D eigenvalue weighted by Gasteiger charge is 2.57. The summed E-state index contributed by atoms with van der Waals surface area (Å²) in [5.74, 6) is -0.468. The molecule has 162 valence electrons. The Bertz CT molecular complexity index is 1170. The minimum atomic E-state index is -0.719. The van der Waals surface area contributed by atoms with Gasteiger partial charge in [-0.25, -0.2) is 9.97 Å². The number of anilines is 4. The highest BCUT2D eigenvalue weighted by Crippen LogP contribution is 2.50. The van der Waals surface area contributed by atoms with Crippen LogP contribution in [0.4, 0.5) is 23.3 Å². The minimum Gasteiger partial charge on any atom is -0.423 e. The van der Waals surface area contributed by atoms with Gasteiger partial charge in [0.25, 0.3) is 11.9 Å². The Labute approximate surface area is 178 Å². The zero-order chi connectivity index (χ0) is 22.3. The molecule has 1 aromatic carbocycles. The van der Waals surface area contributed by atoms with Crippen LogP contribution in [0.5, 0.6) is 0 Å². The average Bonchev–Trinajstić information content (AvgIpc) is 3.26. The van der Waals surface area contributed by atoms with Crippen LogP contribution >= 0.6 is 0 Å². The molecule has 0 spiro atoms. The third-order valence-corrected chi connectivity index (χ3v) is 5.55. The number of nitrogens with one attached hydrogen (secondary N) is 2. The van der Waals surface area contributed by atoms with E-state index in [9.17, 15) is 9.59 Å². The molecule has 0 saturated heterocycles. The fourth-order valence-electron chi connectivity index (χ4n) is 3.55. The van der Waals surface area contributed by atoms with Crippen LogP contribution in [0.2, 0.25) is 0 Å². The van der Waals surface area contributed by atoms with Crippen LogP contribution in [0.15, 0.2) is 28.8 Å². The van der Waals surface area contributed by atoms with Crippen molar-refractivity contribution in [2.45, 2.75) is 25.8 Å². The number of amides is 2. The summed E-state index contributed by atoms with van der Waals surface area (Å²) in [6.45, 7) is 1.92. The number of nitrogens with zero attached hydrogens (tertiary/aromatic N) is 4. The van der Waals surface area contributed by atoms with Crippen molar-refractivity contribution in [3.63, 3.8) is 0 Å². The Hall–Kier alpha value is -3.89. The van der Waals surface area contributed by atoms with E-state index in [0.29, 0.717) is 41.5 Å². The predicted octanol–water partition coefficient (Wildman–Crippen LogP) is 1.59. The number of hydrogen-bond donors (Lipinski definition) is 4. The monoisotopic (exact) mass is 424 g/mol. The van der Waals surface area contributed by atoms with E-state index in [0.717, 1.165) is 0 Å². The number of oxazole rings is 1. The Morgan fingerprint density at radius 3 is 2.68 bits per heavy atom. The van der Waals surface area contributed by atoms with Gasteiger partial charge < -0.3 is 31.4 Å². The first-order chi connectivity index (χ1) is 14.7. The number of benzene rings is 1. The summed E-state index contributed by atoms with van der Waals surface area (Å²) in [4.78, 5) is 38.4. The first-order valence-corrected chi connectivity index (χ1v) is 9.81. The van der Waals surface area contributed by atoms with Gasteiger partial charge in [0, 0.05) is 31.9 Å². The van der Waals surface area contributed by atoms with Crippen molar-refractivity contribution in [2.24, 2.45) is 16.9 Å². The van der Waals surface area contributed by atoms with Gasteiger partial charge in [0.2, 0.25) is 5.91 Å². The molecule has 2 amide bonds. The Morgan fingerprint density at radius 2 is 2.06 bits per heavy atom. The standard InChI is InChI=1S/C20H24N8O3/c1-4-20(18(22)30)8-13(20)26-14-9-23-15(16(21)29)17(27-14)24-10-5-6-11-12(7-10)31-19(25-11)28(2)3/h5-7,9,13H,4,8H2,1-3H3,(H2,21,29)(H2,22,30)(H2,24,26,27)/t13?,20-/m1/s1. The molecule has 11 heteroatoms. The van der Waals surface area contributed by atoms with Crippen molar-refractivity contribution < 1.29 is 14.0 Å². The van der Waals surface area contributed by atoms with Gasteiger partial charge in [0.1, 0.15) is 11.3 Å². The predicted molar refractivity (Wildman–Crippen MR) is 116 cm³/mol. The maximum absolute atomic E-state index is 11.9. The molecule has 2 atom stereocenters. The van der Waals surface area contributed by atoms with Gasteiger partial charge in [-0.3, -0.25) is 9.59 Å². The second kappa shape index (κ2) is 7.42. The molecule has 2 heterocycles. The third kappa shape index (κ3) is 3.69. The number of aromatic nitrogens is 3. The zero-order valence-corrected chi connectivity index (χ0v) is 17.5. The molecule has 4 rings (SSSR count). The van der Waals surface area contributed by atoms with Gasteiger partial charge in [0.15, 0.2) is 17.1 Å². The van der Waals surface area contributed by atoms with Crippen LogP contribution in [-0.4, -0.2) is 46.9 Å². The van der Waals surface area contributed by atoms with Crippen molar-refractivity contribution in [2.75, 3.05) is 29.6 Å². The van der Waals surface area contributed by atoms with Gasteiger partial charge in [0.05, 0.1) is 11.6 Å². The van der Waals surface area contributed by atoms with Crippen LogP contribution in [0.1, 0.15) is 30.3 Å². The lowest BCUT2D eigenvalue weighted by Gasteiger charge is -2.14. The molecule has 0 aliphatic heterocycles. The van der Waals surface area contributed by atoms with E-state index >= 15 is 0 Å². The quantitative estimate of drug-likeness (QED) is 0.420. The number of rotatable bonds is 8. The van der Waals surface area contributed by atoms with E-state index in [1.807, 2.05) is 21.0 Å². The average molecular weight is 424 g/mol. The van der Waals surface area contributed by atoms with Crippen LogP contribution in [0.3, 0.4) is 0 Å². The Kier molecular flexibility index (Phi) is 4.88. The smallest absolute Gasteiger partial charge is 0.297 e. The molecule has 31 heavy (non-hydrogen) atoms. The van der Waals surface area contributed by atoms with E-state index in [1.54, 1.807) is 23.1 Å². The fraction of sp³-hybridized carbons (Fsp3) is 0.350. The highest BCUT2D eigenvalue weighted by molar-refractivity contribution is 5.96. The van der Waals surface area contributed by atoms with Crippen molar-refractivity contribution in [3.05, 3.63) is 30.1 Å². The lowest BCUT2D eigenvalue weighted by molar-refractivity contribution is -0.123. The molecule has 1 aliphatic carbocycles. The summed E-state index contributed by atoms with van der Waals surface area (Å²) in [6.07, 6.45) is 2.66. The molecule has 6 N–H and O–H groups in total. The Balaban J connectivity index is 1.61. The molecule has 3 aromatic rings. The van der Waals surface area contributed by atoms with Crippen LogP contribution in [-0.2, 0) is 4.79 Å². The summed E-state index contributed by atoms with van der Waals surface area (Å²) in [5, 5.41) is 6.24. The van der Waals surface area contributed by atoms with Crippen molar-refractivity contribution in [1.29, 1.82) is 0 Å². The summed E-state index contributed by atoms with van der Waals surface area (Å²) in [7, 11) is 3.67. The molecule has 0 radical (unpaired) electrons. The SMILES string of the molecule is CC[C@@]1(C(N)=O)CC1Nc1cnc(C(N)=O)c(Nc2ccc3nc(N(C)C)oc3c2)n1. The topological polar surface area (TPSA) is 165 Å².